The fourth-order valence-electron chi connectivity index (χ4n) is 2.84. The largest absolute Gasteiger partial charge is 0.369 e. The van der Waals surface area contributed by atoms with Gasteiger partial charge in [0, 0.05) is 19.1 Å². The molecule has 3 nitrogen and oxygen atoms in total. The van der Waals surface area contributed by atoms with Crippen LogP contribution in [0.15, 0.2) is 18.2 Å². The number of nitrogens with two attached hydrogens (primary N) is 1. The number of piperidine rings is 1. The number of halogens is 1. The van der Waals surface area contributed by atoms with E-state index in [9.17, 15) is 4.39 Å². The average molecular weight is 265 g/mol. The number of likely N-dealkylation sites (tertiary alicyclic amines) is 1. The standard InChI is InChI=1S/C15H24FN3/c1-11(17)13-5-4-6-14(16)15(13)19(3)12-7-9-18(2)10-8-12/h4-6,11-12H,7-10,17H2,1-3H3/t11-/m1/s1. The molecule has 0 aliphatic carbocycles. The molecule has 1 atom stereocenters. The molecule has 0 bridgehead atoms. The third-order valence-electron chi connectivity index (χ3n) is 4.10. The van der Waals surface area contributed by atoms with Crippen molar-refractivity contribution in [1.82, 2.24) is 4.90 Å². The van der Waals surface area contributed by atoms with E-state index in [0.717, 1.165) is 31.5 Å². The minimum atomic E-state index is -0.170. The minimum Gasteiger partial charge on any atom is -0.369 e. The molecule has 0 radical (unpaired) electrons. The Labute approximate surface area is 115 Å². The fraction of sp³-hybridized carbons (Fsp3) is 0.600. The molecule has 2 N–H and O–H groups in total. The topological polar surface area (TPSA) is 32.5 Å². The highest BCUT2D eigenvalue weighted by Crippen LogP contribution is 2.31. The second-order valence-corrected chi connectivity index (χ2v) is 5.61. The molecular formula is C15H24FN3. The molecule has 1 saturated heterocycles. The van der Waals surface area contributed by atoms with Gasteiger partial charge >= 0.3 is 0 Å². The summed E-state index contributed by atoms with van der Waals surface area (Å²) in [5.41, 5.74) is 7.53. The van der Waals surface area contributed by atoms with E-state index in [2.05, 4.69) is 16.8 Å². The molecule has 0 aromatic heterocycles. The van der Waals surface area contributed by atoms with Crippen molar-refractivity contribution in [2.45, 2.75) is 31.8 Å². The van der Waals surface area contributed by atoms with E-state index in [1.807, 2.05) is 20.0 Å². The summed E-state index contributed by atoms with van der Waals surface area (Å²) < 4.78 is 14.2. The number of rotatable bonds is 3. The smallest absolute Gasteiger partial charge is 0.146 e. The number of hydrogen-bond donors (Lipinski definition) is 1. The Balaban J connectivity index is 2.25. The van der Waals surface area contributed by atoms with Gasteiger partial charge in [-0.1, -0.05) is 12.1 Å². The SMILES string of the molecule is C[C@@H](N)c1cccc(F)c1N(C)C1CCN(C)CC1. The second-order valence-electron chi connectivity index (χ2n) is 5.61. The van der Waals surface area contributed by atoms with E-state index in [-0.39, 0.29) is 11.9 Å². The number of hydrogen-bond acceptors (Lipinski definition) is 3. The van der Waals surface area contributed by atoms with Gasteiger partial charge in [0.05, 0.1) is 5.69 Å². The lowest BCUT2D eigenvalue weighted by molar-refractivity contribution is 0.252. The van der Waals surface area contributed by atoms with Crippen LogP contribution in [-0.2, 0) is 0 Å². The monoisotopic (exact) mass is 265 g/mol. The molecule has 1 heterocycles. The Kier molecular flexibility index (Phi) is 4.42. The lowest BCUT2D eigenvalue weighted by Gasteiger charge is -2.37. The van der Waals surface area contributed by atoms with Gasteiger partial charge in [0.15, 0.2) is 0 Å². The lowest BCUT2D eigenvalue weighted by atomic mass is 10.00. The molecule has 0 saturated carbocycles. The van der Waals surface area contributed by atoms with Gasteiger partial charge in [-0.15, -0.1) is 0 Å². The van der Waals surface area contributed by atoms with Crippen LogP contribution in [-0.4, -0.2) is 38.1 Å². The normalized spacial score (nSPS) is 19.4. The van der Waals surface area contributed by atoms with Gasteiger partial charge in [0.1, 0.15) is 5.82 Å². The number of nitrogens with zero attached hydrogens (tertiary/aromatic N) is 2. The van der Waals surface area contributed by atoms with Gasteiger partial charge in [0.25, 0.3) is 0 Å². The molecule has 1 fully saturated rings. The van der Waals surface area contributed by atoms with Gasteiger partial charge in [0.2, 0.25) is 0 Å². The van der Waals surface area contributed by atoms with Gasteiger partial charge < -0.3 is 15.5 Å². The highest BCUT2D eigenvalue weighted by Gasteiger charge is 2.24. The summed E-state index contributed by atoms with van der Waals surface area (Å²) in [5.74, 6) is -0.170. The van der Waals surface area contributed by atoms with Gasteiger partial charge in [-0.2, -0.15) is 0 Å². The van der Waals surface area contributed by atoms with Crippen molar-refractivity contribution in [2.75, 3.05) is 32.1 Å². The van der Waals surface area contributed by atoms with Crippen molar-refractivity contribution in [1.29, 1.82) is 0 Å². The summed E-state index contributed by atoms with van der Waals surface area (Å²) in [5, 5.41) is 0. The Hall–Kier alpha value is -1.13. The molecule has 0 unspecified atom stereocenters. The number of benzene rings is 1. The van der Waals surface area contributed by atoms with Crippen LogP contribution in [0, 0.1) is 5.82 Å². The minimum absolute atomic E-state index is 0.153. The zero-order valence-corrected chi connectivity index (χ0v) is 12.1. The van der Waals surface area contributed by atoms with E-state index < -0.39 is 0 Å². The second kappa shape index (κ2) is 5.88. The quantitative estimate of drug-likeness (QED) is 0.910. The lowest BCUT2D eigenvalue weighted by Crippen LogP contribution is -2.42. The van der Waals surface area contributed by atoms with E-state index >= 15 is 0 Å². The molecule has 1 aliphatic rings. The van der Waals surface area contributed by atoms with Crippen LogP contribution in [0.25, 0.3) is 0 Å². The molecule has 1 aliphatic heterocycles. The molecule has 2 rings (SSSR count). The highest BCUT2D eigenvalue weighted by molar-refractivity contribution is 5.56. The predicted octanol–water partition coefficient (Wildman–Crippen LogP) is 2.38. The first-order valence-corrected chi connectivity index (χ1v) is 6.96. The van der Waals surface area contributed by atoms with Crippen LogP contribution < -0.4 is 10.6 Å². The molecule has 19 heavy (non-hydrogen) atoms. The summed E-state index contributed by atoms with van der Waals surface area (Å²) in [4.78, 5) is 4.40. The predicted molar refractivity (Wildman–Crippen MR) is 77.9 cm³/mol. The molecule has 106 valence electrons. The summed E-state index contributed by atoms with van der Waals surface area (Å²) in [6, 6.07) is 5.42. The summed E-state index contributed by atoms with van der Waals surface area (Å²) in [6.07, 6.45) is 2.14. The van der Waals surface area contributed by atoms with Gasteiger partial charge in [-0.25, -0.2) is 4.39 Å². The molecule has 0 amide bonds. The maximum Gasteiger partial charge on any atom is 0.146 e. The maximum atomic E-state index is 14.2. The van der Waals surface area contributed by atoms with E-state index in [4.69, 9.17) is 5.73 Å². The Morgan fingerprint density at radius 3 is 2.58 bits per heavy atom. The van der Waals surface area contributed by atoms with Crippen LogP contribution in [0.2, 0.25) is 0 Å². The Morgan fingerprint density at radius 1 is 1.37 bits per heavy atom. The van der Waals surface area contributed by atoms with Crippen LogP contribution >= 0.6 is 0 Å². The van der Waals surface area contributed by atoms with Gasteiger partial charge in [-0.3, -0.25) is 0 Å². The first-order valence-electron chi connectivity index (χ1n) is 6.96. The zero-order chi connectivity index (χ0) is 14.0. The van der Waals surface area contributed by atoms with Crippen molar-refractivity contribution in [3.8, 4) is 0 Å². The summed E-state index contributed by atoms with van der Waals surface area (Å²) >= 11 is 0. The van der Waals surface area contributed by atoms with Crippen molar-refractivity contribution < 1.29 is 4.39 Å². The Bertz CT molecular complexity index is 425. The third-order valence-corrected chi connectivity index (χ3v) is 4.10. The van der Waals surface area contributed by atoms with Crippen molar-refractivity contribution >= 4 is 5.69 Å². The van der Waals surface area contributed by atoms with E-state index in [1.165, 1.54) is 6.07 Å². The molecule has 1 aromatic rings. The summed E-state index contributed by atoms with van der Waals surface area (Å²) in [6.45, 7) is 4.04. The maximum absolute atomic E-state index is 14.2. The molecular weight excluding hydrogens is 241 g/mol. The van der Waals surface area contributed by atoms with Crippen molar-refractivity contribution in [3.63, 3.8) is 0 Å². The zero-order valence-electron chi connectivity index (χ0n) is 12.1. The van der Waals surface area contributed by atoms with Crippen LogP contribution in [0.3, 0.4) is 0 Å². The van der Waals surface area contributed by atoms with Crippen LogP contribution in [0.1, 0.15) is 31.4 Å². The fourth-order valence-corrected chi connectivity index (χ4v) is 2.84. The Morgan fingerprint density at radius 2 is 2.00 bits per heavy atom. The highest BCUT2D eigenvalue weighted by atomic mass is 19.1. The van der Waals surface area contributed by atoms with Crippen molar-refractivity contribution in [3.05, 3.63) is 29.6 Å². The number of anilines is 1. The van der Waals surface area contributed by atoms with Gasteiger partial charge in [-0.05, 0) is 51.5 Å². The molecule has 4 heteroatoms. The van der Waals surface area contributed by atoms with Crippen molar-refractivity contribution in [2.24, 2.45) is 5.73 Å². The third kappa shape index (κ3) is 3.07. The molecule has 1 aromatic carbocycles. The van der Waals surface area contributed by atoms with E-state index in [0.29, 0.717) is 11.7 Å². The van der Waals surface area contributed by atoms with E-state index in [1.54, 1.807) is 6.07 Å². The first kappa shape index (κ1) is 14.3. The average Bonchev–Trinajstić information content (AvgIpc) is 2.38. The first-order chi connectivity index (χ1) is 9.00. The molecule has 0 spiro atoms. The van der Waals surface area contributed by atoms with Crippen LogP contribution in [0.5, 0.6) is 0 Å². The number of para-hydroxylation sites is 1. The summed E-state index contributed by atoms with van der Waals surface area (Å²) in [7, 11) is 4.12. The van der Waals surface area contributed by atoms with Crippen LogP contribution in [0.4, 0.5) is 10.1 Å².